The van der Waals surface area contributed by atoms with Crippen molar-refractivity contribution in [1.29, 1.82) is 0 Å². The third-order valence-electron chi connectivity index (χ3n) is 1.73. The van der Waals surface area contributed by atoms with Gasteiger partial charge in [-0.3, -0.25) is 0 Å². The van der Waals surface area contributed by atoms with Gasteiger partial charge in [0.2, 0.25) is 0 Å². The summed E-state index contributed by atoms with van der Waals surface area (Å²) in [7, 11) is 0. The lowest BCUT2D eigenvalue weighted by Gasteiger charge is -1.96. The van der Waals surface area contributed by atoms with Gasteiger partial charge in [0.25, 0.3) is 0 Å². The van der Waals surface area contributed by atoms with Crippen molar-refractivity contribution in [2.24, 2.45) is 0 Å². The molecule has 0 amide bonds. The highest BCUT2D eigenvalue weighted by molar-refractivity contribution is 9.10. The van der Waals surface area contributed by atoms with Crippen LogP contribution in [0.3, 0.4) is 0 Å². The first kappa shape index (κ1) is 8.08. The molecule has 1 aromatic carbocycles. The minimum atomic E-state index is 0.352. The molecule has 0 radical (unpaired) electrons. The molecule has 3 heteroatoms. The van der Waals surface area contributed by atoms with Gasteiger partial charge in [-0.15, -0.1) is 11.3 Å². The second kappa shape index (κ2) is 2.75. The van der Waals surface area contributed by atoms with E-state index in [1.54, 1.807) is 11.3 Å². The largest absolute Gasteiger partial charge is 0.505 e. The Kier molecular flexibility index (Phi) is 1.85. The standard InChI is InChI=1S/C9H7BrOS/c1-5-4-6-2-3-7(10)8(11)9(6)12-5/h2-4,11H,1H3. The minimum Gasteiger partial charge on any atom is -0.505 e. The first-order chi connectivity index (χ1) is 5.68. The van der Waals surface area contributed by atoms with Crippen LogP contribution in [0, 0.1) is 6.92 Å². The second-order valence-electron chi connectivity index (χ2n) is 2.67. The van der Waals surface area contributed by atoms with E-state index < -0.39 is 0 Å². The molecule has 0 unspecified atom stereocenters. The summed E-state index contributed by atoms with van der Waals surface area (Å²) < 4.78 is 1.72. The van der Waals surface area contributed by atoms with Crippen molar-refractivity contribution in [2.45, 2.75) is 6.92 Å². The molecule has 0 aliphatic heterocycles. The van der Waals surface area contributed by atoms with E-state index in [9.17, 15) is 5.11 Å². The van der Waals surface area contributed by atoms with Crippen LogP contribution in [-0.2, 0) is 0 Å². The van der Waals surface area contributed by atoms with Gasteiger partial charge in [0, 0.05) is 4.88 Å². The molecule has 1 N–H and O–H groups in total. The summed E-state index contributed by atoms with van der Waals surface area (Å²) in [5.74, 6) is 0.352. The number of aryl methyl sites for hydroxylation is 1. The van der Waals surface area contributed by atoms with Crippen LogP contribution in [-0.4, -0.2) is 5.11 Å². The third-order valence-corrected chi connectivity index (χ3v) is 3.45. The Morgan fingerprint density at radius 1 is 1.42 bits per heavy atom. The van der Waals surface area contributed by atoms with Gasteiger partial charge >= 0.3 is 0 Å². The molecule has 62 valence electrons. The SMILES string of the molecule is Cc1cc2ccc(Br)c(O)c2s1. The van der Waals surface area contributed by atoms with Gasteiger partial charge in [-0.05, 0) is 40.4 Å². The number of fused-ring (bicyclic) bond motifs is 1. The molecule has 2 aromatic rings. The Hall–Kier alpha value is -0.540. The Bertz CT molecular complexity index is 433. The Morgan fingerprint density at radius 2 is 2.17 bits per heavy atom. The summed E-state index contributed by atoms with van der Waals surface area (Å²) in [5.41, 5.74) is 0. The van der Waals surface area contributed by atoms with Crippen molar-refractivity contribution < 1.29 is 5.11 Å². The van der Waals surface area contributed by atoms with E-state index in [1.807, 2.05) is 19.1 Å². The molecule has 0 bridgehead atoms. The maximum Gasteiger partial charge on any atom is 0.147 e. The molecular formula is C9H7BrOS. The van der Waals surface area contributed by atoms with Crippen molar-refractivity contribution in [2.75, 3.05) is 0 Å². The van der Waals surface area contributed by atoms with E-state index in [-0.39, 0.29) is 0 Å². The van der Waals surface area contributed by atoms with Crippen LogP contribution in [0.25, 0.3) is 10.1 Å². The van der Waals surface area contributed by atoms with Crippen molar-refractivity contribution >= 4 is 37.4 Å². The Balaban J connectivity index is 2.89. The van der Waals surface area contributed by atoms with Crippen molar-refractivity contribution in [1.82, 2.24) is 0 Å². The van der Waals surface area contributed by atoms with Crippen molar-refractivity contribution in [3.63, 3.8) is 0 Å². The number of hydrogen-bond donors (Lipinski definition) is 1. The van der Waals surface area contributed by atoms with Crippen LogP contribution < -0.4 is 0 Å². The second-order valence-corrected chi connectivity index (χ2v) is 4.78. The topological polar surface area (TPSA) is 20.2 Å². The summed E-state index contributed by atoms with van der Waals surface area (Å²) in [6.45, 7) is 2.04. The van der Waals surface area contributed by atoms with Gasteiger partial charge in [0.15, 0.2) is 0 Å². The number of phenolic OH excluding ortho intramolecular Hbond substituents is 1. The average molecular weight is 243 g/mol. The minimum absolute atomic E-state index is 0.352. The van der Waals surface area contributed by atoms with Crippen LogP contribution in [0.4, 0.5) is 0 Å². The number of halogens is 1. The lowest BCUT2D eigenvalue weighted by Crippen LogP contribution is -1.67. The fraction of sp³-hybridized carbons (Fsp3) is 0.111. The van der Waals surface area contributed by atoms with E-state index in [0.717, 1.165) is 14.6 Å². The maximum atomic E-state index is 9.64. The predicted molar refractivity (Wildman–Crippen MR) is 55.9 cm³/mol. The molecule has 0 aliphatic carbocycles. The van der Waals surface area contributed by atoms with Crippen LogP contribution in [0.5, 0.6) is 5.75 Å². The van der Waals surface area contributed by atoms with Crippen LogP contribution >= 0.6 is 27.3 Å². The quantitative estimate of drug-likeness (QED) is 0.748. The van der Waals surface area contributed by atoms with Gasteiger partial charge in [-0.2, -0.15) is 0 Å². The summed E-state index contributed by atoms with van der Waals surface area (Å²) in [6.07, 6.45) is 0. The molecule has 1 aromatic heterocycles. The number of thiophene rings is 1. The summed E-state index contributed by atoms with van der Waals surface area (Å²) in [6, 6.07) is 5.94. The zero-order chi connectivity index (χ0) is 8.72. The van der Waals surface area contributed by atoms with Gasteiger partial charge < -0.3 is 5.11 Å². The fourth-order valence-electron chi connectivity index (χ4n) is 1.19. The number of aromatic hydroxyl groups is 1. The molecule has 1 nitrogen and oxygen atoms in total. The van der Waals surface area contributed by atoms with Crippen molar-refractivity contribution in [3.8, 4) is 5.75 Å². The highest BCUT2D eigenvalue weighted by atomic mass is 79.9. The van der Waals surface area contributed by atoms with Gasteiger partial charge in [0.1, 0.15) is 5.75 Å². The summed E-state index contributed by atoms with van der Waals surface area (Å²) in [4.78, 5) is 1.22. The maximum absolute atomic E-state index is 9.64. The first-order valence-electron chi connectivity index (χ1n) is 3.56. The highest BCUT2D eigenvalue weighted by Gasteiger charge is 2.06. The molecule has 0 aliphatic rings. The third kappa shape index (κ3) is 1.13. The number of hydrogen-bond acceptors (Lipinski definition) is 2. The Morgan fingerprint density at radius 3 is 2.92 bits per heavy atom. The predicted octanol–water partition coefficient (Wildman–Crippen LogP) is 3.68. The molecule has 0 saturated carbocycles. The number of phenols is 1. The summed E-state index contributed by atoms with van der Waals surface area (Å²) in [5, 5.41) is 10.7. The van der Waals surface area contributed by atoms with E-state index in [1.165, 1.54) is 4.88 Å². The lowest BCUT2D eigenvalue weighted by molar-refractivity contribution is 0.479. The molecule has 2 rings (SSSR count). The monoisotopic (exact) mass is 242 g/mol. The van der Waals surface area contributed by atoms with Gasteiger partial charge in [-0.25, -0.2) is 0 Å². The fourth-order valence-corrected chi connectivity index (χ4v) is 2.61. The van der Waals surface area contributed by atoms with Gasteiger partial charge in [-0.1, -0.05) is 6.07 Å². The van der Waals surface area contributed by atoms with Crippen LogP contribution in [0.2, 0.25) is 0 Å². The first-order valence-corrected chi connectivity index (χ1v) is 5.17. The normalized spacial score (nSPS) is 10.8. The van der Waals surface area contributed by atoms with Gasteiger partial charge in [0.05, 0.1) is 9.17 Å². The summed E-state index contributed by atoms with van der Waals surface area (Å²) >= 11 is 4.90. The van der Waals surface area contributed by atoms with E-state index in [0.29, 0.717) is 5.75 Å². The Labute approximate surface area is 82.8 Å². The lowest BCUT2D eigenvalue weighted by atomic mass is 10.2. The number of benzene rings is 1. The van der Waals surface area contributed by atoms with Crippen LogP contribution in [0.1, 0.15) is 4.88 Å². The van der Waals surface area contributed by atoms with E-state index >= 15 is 0 Å². The highest BCUT2D eigenvalue weighted by Crippen LogP contribution is 2.37. The number of rotatable bonds is 0. The van der Waals surface area contributed by atoms with Crippen LogP contribution in [0.15, 0.2) is 22.7 Å². The molecule has 0 atom stereocenters. The molecule has 0 spiro atoms. The molecule has 1 heterocycles. The van der Waals surface area contributed by atoms with Crippen molar-refractivity contribution in [3.05, 3.63) is 27.5 Å². The van der Waals surface area contributed by atoms with E-state index in [4.69, 9.17) is 0 Å². The zero-order valence-electron chi connectivity index (χ0n) is 6.47. The molecule has 12 heavy (non-hydrogen) atoms. The average Bonchev–Trinajstić information content (AvgIpc) is 2.39. The zero-order valence-corrected chi connectivity index (χ0v) is 8.87. The molecular weight excluding hydrogens is 236 g/mol. The molecule has 0 fully saturated rings. The molecule has 0 saturated heterocycles. The van der Waals surface area contributed by atoms with E-state index in [2.05, 4.69) is 22.0 Å². The smallest absolute Gasteiger partial charge is 0.147 e.